The highest BCUT2D eigenvalue weighted by molar-refractivity contribution is 5.86. The molecule has 2 atom stereocenters. The first kappa shape index (κ1) is 13.9. The Balaban J connectivity index is 2.48. The van der Waals surface area contributed by atoms with E-state index in [1.54, 1.807) is 12.0 Å². The van der Waals surface area contributed by atoms with Crippen LogP contribution in [0.25, 0.3) is 0 Å². The van der Waals surface area contributed by atoms with E-state index in [4.69, 9.17) is 15.6 Å². The fraction of sp³-hybridized carbons (Fsp3) is 0.818. The van der Waals surface area contributed by atoms with Crippen LogP contribution in [0, 0.1) is 5.92 Å². The van der Waals surface area contributed by atoms with Gasteiger partial charge in [-0.25, -0.2) is 0 Å². The maximum Gasteiger partial charge on any atom is 0.305 e. The minimum absolute atomic E-state index is 0.270. The normalized spacial score (nSPS) is 22.2. The lowest BCUT2D eigenvalue weighted by molar-refractivity contribution is -0.142. The van der Waals surface area contributed by atoms with E-state index >= 15 is 0 Å². The number of carboxylic acid groups (broad SMARTS) is 1. The molecule has 0 spiro atoms. The molecule has 1 heterocycles. The Hall–Kier alpha value is -1.14. The Morgan fingerprint density at radius 2 is 2.29 bits per heavy atom. The zero-order valence-corrected chi connectivity index (χ0v) is 10.1. The lowest BCUT2D eigenvalue weighted by Gasteiger charge is -2.33. The molecule has 0 aromatic heterocycles. The van der Waals surface area contributed by atoms with Crippen molar-refractivity contribution in [2.45, 2.75) is 25.3 Å². The molecule has 0 bridgehead atoms. The summed E-state index contributed by atoms with van der Waals surface area (Å²) < 4.78 is 5.07. The minimum atomic E-state index is -1.05. The molecule has 0 aromatic carbocycles. The molecule has 6 nitrogen and oxygen atoms in total. The van der Waals surface area contributed by atoms with Crippen molar-refractivity contribution in [3.63, 3.8) is 0 Å². The van der Waals surface area contributed by atoms with Gasteiger partial charge in [-0.2, -0.15) is 0 Å². The SMILES string of the molecule is COCC1CCCN(C(=O)C(N)CC(=O)O)C1. The average molecular weight is 244 g/mol. The van der Waals surface area contributed by atoms with Crippen LogP contribution in [0.2, 0.25) is 0 Å². The molecule has 1 saturated heterocycles. The number of carbonyl (C=O) groups excluding carboxylic acids is 1. The molecular formula is C11H20N2O4. The van der Waals surface area contributed by atoms with Gasteiger partial charge in [0.2, 0.25) is 5.91 Å². The van der Waals surface area contributed by atoms with E-state index in [2.05, 4.69) is 0 Å². The van der Waals surface area contributed by atoms with Gasteiger partial charge in [0, 0.05) is 20.2 Å². The predicted octanol–water partition coefficient (Wildman–Crippen LogP) is -0.327. The second-order valence-corrected chi connectivity index (χ2v) is 4.45. The van der Waals surface area contributed by atoms with Gasteiger partial charge >= 0.3 is 5.97 Å². The third kappa shape index (κ3) is 4.32. The van der Waals surface area contributed by atoms with Gasteiger partial charge in [0.1, 0.15) is 0 Å². The second kappa shape index (κ2) is 6.56. The number of nitrogens with two attached hydrogens (primary N) is 1. The van der Waals surface area contributed by atoms with Crippen LogP contribution in [0.15, 0.2) is 0 Å². The van der Waals surface area contributed by atoms with Gasteiger partial charge < -0.3 is 20.5 Å². The van der Waals surface area contributed by atoms with E-state index in [0.717, 1.165) is 12.8 Å². The van der Waals surface area contributed by atoms with Crippen LogP contribution in [-0.2, 0) is 14.3 Å². The van der Waals surface area contributed by atoms with Gasteiger partial charge in [-0.3, -0.25) is 9.59 Å². The van der Waals surface area contributed by atoms with E-state index in [1.165, 1.54) is 0 Å². The van der Waals surface area contributed by atoms with Crippen molar-refractivity contribution in [3.8, 4) is 0 Å². The zero-order valence-electron chi connectivity index (χ0n) is 10.1. The van der Waals surface area contributed by atoms with Crippen LogP contribution in [0.3, 0.4) is 0 Å². The van der Waals surface area contributed by atoms with E-state index in [1.807, 2.05) is 0 Å². The van der Waals surface area contributed by atoms with Gasteiger partial charge in [-0.05, 0) is 18.8 Å². The number of hydrogen-bond donors (Lipinski definition) is 2. The molecule has 1 aliphatic rings. The molecule has 1 aliphatic heterocycles. The van der Waals surface area contributed by atoms with Crippen molar-refractivity contribution in [2.75, 3.05) is 26.8 Å². The first-order valence-electron chi connectivity index (χ1n) is 5.79. The third-order valence-corrected chi connectivity index (χ3v) is 2.94. The molecule has 1 amide bonds. The zero-order chi connectivity index (χ0) is 12.8. The van der Waals surface area contributed by atoms with Crippen molar-refractivity contribution in [1.29, 1.82) is 0 Å². The summed E-state index contributed by atoms with van der Waals surface area (Å²) in [4.78, 5) is 24.0. The maximum absolute atomic E-state index is 11.9. The minimum Gasteiger partial charge on any atom is -0.481 e. The molecule has 0 aliphatic carbocycles. The topological polar surface area (TPSA) is 92.9 Å². The van der Waals surface area contributed by atoms with Crippen LogP contribution in [-0.4, -0.2) is 54.7 Å². The lowest BCUT2D eigenvalue weighted by atomic mass is 9.98. The summed E-state index contributed by atoms with van der Waals surface area (Å²) in [5.41, 5.74) is 5.57. The summed E-state index contributed by atoms with van der Waals surface area (Å²) in [5.74, 6) is -0.987. The smallest absolute Gasteiger partial charge is 0.305 e. The predicted molar refractivity (Wildman–Crippen MR) is 61.4 cm³/mol. The van der Waals surface area contributed by atoms with Crippen molar-refractivity contribution >= 4 is 11.9 Å². The fourth-order valence-corrected chi connectivity index (χ4v) is 2.15. The quantitative estimate of drug-likeness (QED) is 0.691. The van der Waals surface area contributed by atoms with Crippen LogP contribution in [0.4, 0.5) is 0 Å². The summed E-state index contributed by atoms with van der Waals surface area (Å²) in [6.45, 7) is 1.89. The van der Waals surface area contributed by atoms with Crippen molar-refractivity contribution < 1.29 is 19.4 Å². The second-order valence-electron chi connectivity index (χ2n) is 4.45. The summed E-state index contributed by atoms with van der Waals surface area (Å²) >= 11 is 0. The number of methoxy groups -OCH3 is 1. The van der Waals surface area contributed by atoms with Crippen LogP contribution < -0.4 is 5.73 Å². The molecular weight excluding hydrogens is 224 g/mol. The van der Waals surface area contributed by atoms with E-state index in [9.17, 15) is 9.59 Å². The van der Waals surface area contributed by atoms with Gasteiger partial charge in [-0.1, -0.05) is 0 Å². The Kier molecular flexibility index (Phi) is 5.37. The largest absolute Gasteiger partial charge is 0.481 e. The molecule has 0 aromatic rings. The molecule has 0 radical (unpaired) electrons. The number of rotatable bonds is 5. The molecule has 3 N–H and O–H groups in total. The number of amides is 1. The van der Waals surface area contributed by atoms with Crippen molar-refractivity contribution in [2.24, 2.45) is 11.7 Å². The number of carboxylic acids is 1. The molecule has 1 rings (SSSR count). The Morgan fingerprint density at radius 1 is 1.59 bits per heavy atom. The number of aliphatic carboxylic acids is 1. The van der Waals surface area contributed by atoms with E-state index in [0.29, 0.717) is 25.6 Å². The highest BCUT2D eigenvalue weighted by Crippen LogP contribution is 2.17. The number of carbonyl (C=O) groups is 2. The molecule has 0 saturated carbocycles. The van der Waals surface area contributed by atoms with Crippen molar-refractivity contribution in [3.05, 3.63) is 0 Å². The monoisotopic (exact) mass is 244 g/mol. The Morgan fingerprint density at radius 3 is 2.88 bits per heavy atom. The van der Waals surface area contributed by atoms with Crippen molar-refractivity contribution in [1.82, 2.24) is 4.90 Å². The summed E-state index contributed by atoms with van der Waals surface area (Å²) in [5, 5.41) is 8.60. The van der Waals surface area contributed by atoms with Gasteiger partial charge in [0.05, 0.1) is 19.1 Å². The molecule has 1 fully saturated rings. The molecule has 98 valence electrons. The Bertz CT molecular complexity index is 281. The number of ether oxygens (including phenoxy) is 1. The number of nitrogens with zero attached hydrogens (tertiary/aromatic N) is 1. The standard InChI is InChI=1S/C11H20N2O4/c1-17-7-8-3-2-4-13(6-8)11(16)9(12)5-10(14)15/h8-9H,2-7,12H2,1H3,(H,14,15). The number of piperidine rings is 1. The van der Waals surface area contributed by atoms with Gasteiger partial charge in [0.25, 0.3) is 0 Å². The Labute approximate surface area is 101 Å². The third-order valence-electron chi connectivity index (χ3n) is 2.94. The fourth-order valence-electron chi connectivity index (χ4n) is 2.15. The molecule has 2 unspecified atom stereocenters. The highest BCUT2D eigenvalue weighted by Gasteiger charge is 2.27. The van der Waals surface area contributed by atoms with Gasteiger partial charge in [0.15, 0.2) is 0 Å². The number of hydrogen-bond acceptors (Lipinski definition) is 4. The van der Waals surface area contributed by atoms with Crippen LogP contribution >= 0.6 is 0 Å². The van der Waals surface area contributed by atoms with Crippen LogP contribution in [0.5, 0.6) is 0 Å². The lowest BCUT2D eigenvalue weighted by Crippen LogP contribution is -2.49. The molecule has 6 heteroatoms. The molecule has 17 heavy (non-hydrogen) atoms. The average Bonchev–Trinajstić information content (AvgIpc) is 2.28. The summed E-state index contributed by atoms with van der Waals surface area (Å²) in [7, 11) is 1.64. The van der Waals surface area contributed by atoms with Crippen LogP contribution in [0.1, 0.15) is 19.3 Å². The first-order valence-corrected chi connectivity index (χ1v) is 5.79. The number of likely N-dealkylation sites (tertiary alicyclic amines) is 1. The highest BCUT2D eigenvalue weighted by atomic mass is 16.5. The first-order chi connectivity index (χ1) is 8.04. The van der Waals surface area contributed by atoms with E-state index in [-0.39, 0.29) is 12.3 Å². The van der Waals surface area contributed by atoms with Gasteiger partial charge in [-0.15, -0.1) is 0 Å². The summed E-state index contributed by atoms with van der Waals surface area (Å²) in [6, 6.07) is -0.936. The summed E-state index contributed by atoms with van der Waals surface area (Å²) in [6.07, 6.45) is 1.63. The maximum atomic E-state index is 11.9. The van der Waals surface area contributed by atoms with E-state index < -0.39 is 12.0 Å².